The number of rotatable bonds is 6. The van der Waals surface area contributed by atoms with Crippen LogP contribution in [-0.2, 0) is 6.54 Å². The molecular weight excluding hydrogens is 305 g/mol. The third-order valence-corrected chi connectivity index (χ3v) is 3.48. The van der Waals surface area contributed by atoms with E-state index in [4.69, 9.17) is 10.7 Å². The van der Waals surface area contributed by atoms with Gasteiger partial charge in [0.05, 0.1) is 23.5 Å². The van der Waals surface area contributed by atoms with Gasteiger partial charge in [-0.05, 0) is 29.7 Å². The molecule has 0 spiro atoms. The van der Waals surface area contributed by atoms with Crippen molar-refractivity contribution in [2.75, 3.05) is 0 Å². The molecule has 1 aromatic heterocycles. The van der Waals surface area contributed by atoms with Crippen LogP contribution in [0.1, 0.15) is 31.0 Å². The topological polar surface area (TPSA) is 85.5 Å². The number of allylic oxidation sites excluding steroid dienone is 1. The molecule has 0 amide bonds. The molecule has 0 bridgehead atoms. The van der Waals surface area contributed by atoms with Crippen LogP contribution in [0.5, 0.6) is 0 Å². The van der Waals surface area contributed by atoms with E-state index in [0.29, 0.717) is 17.9 Å². The summed E-state index contributed by atoms with van der Waals surface area (Å²) in [7, 11) is 0. The number of aromatic nitrogens is 2. The lowest BCUT2D eigenvalue weighted by molar-refractivity contribution is 0.623. The molecule has 24 heavy (non-hydrogen) atoms. The molecule has 122 valence electrons. The van der Waals surface area contributed by atoms with E-state index in [9.17, 15) is 4.39 Å². The summed E-state index contributed by atoms with van der Waals surface area (Å²) < 4.78 is 13.6. The van der Waals surface area contributed by atoms with Crippen LogP contribution in [0.4, 0.5) is 4.39 Å². The maximum absolute atomic E-state index is 13.6. The Balaban J connectivity index is 2.38. The predicted molar refractivity (Wildman–Crippen MR) is 90.8 cm³/mol. The first-order valence-corrected chi connectivity index (χ1v) is 7.50. The summed E-state index contributed by atoms with van der Waals surface area (Å²) in [5.74, 6) is -0.139. The van der Waals surface area contributed by atoms with Crippen LogP contribution in [0, 0.1) is 22.6 Å². The summed E-state index contributed by atoms with van der Waals surface area (Å²) in [4.78, 5) is 8.74. The summed E-state index contributed by atoms with van der Waals surface area (Å²) >= 11 is 0. The lowest BCUT2D eigenvalue weighted by Gasteiger charge is -2.15. The molecule has 0 radical (unpaired) electrons. The molecule has 0 atom stereocenters. The highest BCUT2D eigenvalue weighted by Crippen LogP contribution is 2.30. The van der Waals surface area contributed by atoms with Crippen molar-refractivity contribution in [1.82, 2.24) is 15.3 Å². The Morgan fingerprint density at radius 1 is 1.38 bits per heavy atom. The van der Waals surface area contributed by atoms with Crippen molar-refractivity contribution >= 4 is 6.21 Å². The van der Waals surface area contributed by atoms with E-state index < -0.39 is 0 Å². The number of halogens is 1. The molecule has 2 rings (SSSR count). The van der Waals surface area contributed by atoms with Crippen molar-refractivity contribution in [2.24, 2.45) is 0 Å². The number of nitrogens with zero attached hydrogens (tertiary/aromatic N) is 3. The van der Waals surface area contributed by atoms with Gasteiger partial charge in [-0.15, -0.1) is 0 Å². The lowest BCUT2D eigenvalue weighted by atomic mass is 9.94. The van der Waals surface area contributed by atoms with Crippen LogP contribution in [0.25, 0.3) is 11.3 Å². The van der Waals surface area contributed by atoms with Gasteiger partial charge in [0.15, 0.2) is 0 Å². The predicted octanol–water partition coefficient (Wildman–Crippen LogP) is 3.55. The van der Waals surface area contributed by atoms with Crippen molar-refractivity contribution < 1.29 is 4.39 Å². The standard InChI is InChI=1S/C18H18FN5/c1-12(2)16-7-14(19)3-4-15(16)18-17(23-5-6-24-18)11-22-10-13(8-20)9-21/h3-8,10,12,20,22H,11H2,1-2H3/b13-10+,20-8?. The van der Waals surface area contributed by atoms with Gasteiger partial charge in [-0.3, -0.25) is 9.97 Å². The molecule has 0 aliphatic carbocycles. The fourth-order valence-electron chi connectivity index (χ4n) is 2.31. The zero-order valence-electron chi connectivity index (χ0n) is 13.5. The van der Waals surface area contributed by atoms with E-state index in [0.717, 1.165) is 17.3 Å². The molecule has 1 heterocycles. The van der Waals surface area contributed by atoms with Crippen LogP contribution < -0.4 is 5.32 Å². The summed E-state index contributed by atoms with van der Waals surface area (Å²) in [6.45, 7) is 4.34. The molecule has 1 aromatic carbocycles. The van der Waals surface area contributed by atoms with Gasteiger partial charge in [0, 0.05) is 30.4 Å². The van der Waals surface area contributed by atoms with Crippen molar-refractivity contribution in [3.63, 3.8) is 0 Å². The first kappa shape index (κ1) is 17.3. The molecule has 0 aliphatic rings. The van der Waals surface area contributed by atoms with Crippen molar-refractivity contribution in [3.05, 3.63) is 59.4 Å². The van der Waals surface area contributed by atoms with Crippen LogP contribution in [0.2, 0.25) is 0 Å². The maximum Gasteiger partial charge on any atom is 0.123 e. The highest BCUT2D eigenvalue weighted by atomic mass is 19.1. The second-order valence-corrected chi connectivity index (χ2v) is 5.47. The molecule has 2 N–H and O–H groups in total. The molecule has 0 unspecified atom stereocenters. The molecular formula is C18H18FN5. The number of nitriles is 1. The second kappa shape index (κ2) is 7.97. The van der Waals surface area contributed by atoms with Gasteiger partial charge in [-0.25, -0.2) is 4.39 Å². The number of nitrogens with one attached hydrogen (secondary N) is 2. The Kier molecular flexibility index (Phi) is 5.74. The van der Waals surface area contributed by atoms with E-state index in [1.165, 1.54) is 18.3 Å². The fourth-order valence-corrected chi connectivity index (χ4v) is 2.31. The van der Waals surface area contributed by atoms with E-state index in [1.54, 1.807) is 18.5 Å². The lowest BCUT2D eigenvalue weighted by Crippen LogP contribution is -2.10. The zero-order chi connectivity index (χ0) is 17.5. The average molecular weight is 323 g/mol. The summed E-state index contributed by atoms with van der Waals surface area (Å²) in [6, 6.07) is 6.54. The molecule has 6 heteroatoms. The third-order valence-electron chi connectivity index (χ3n) is 3.48. The second-order valence-electron chi connectivity index (χ2n) is 5.47. The van der Waals surface area contributed by atoms with E-state index >= 15 is 0 Å². The highest BCUT2D eigenvalue weighted by molar-refractivity contribution is 5.80. The SMILES string of the molecule is CC(C)c1cc(F)ccc1-c1nccnc1CN/C=C(/C#N)C=N. The Hall–Kier alpha value is -3.07. The van der Waals surface area contributed by atoms with Crippen LogP contribution in [-0.4, -0.2) is 16.2 Å². The normalized spacial score (nSPS) is 11.2. The third kappa shape index (κ3) is 4.02. The number of benzene rings is 1. The molecule has 0 saturated heterocycles. The van der Waals surface area contributed by atoms with Gasteiger partial charge in [-0.1, -0.05) is 13.8 Å². The average Bonchev–Trinajstić information content (AvgIpc) is 2.59. The largest absolute Gasteiger partial charge is 0.384 e. The zero-order valence-corrected chi connectivity index (χ0v) is 13.5. The first-order valence-electron chi connectivity index (χ1n) is 7.50. The van der Waals surface area contributed by atoms with Gasteiger partial charge in [-0.2, -0.15) is 5.26 Å². The van der Waals surface area contributed by atoms with Crippen LogP contribution in [0.15, 0.2) is 42.4 Å². The molecule has 0 aliphatic heterocycles. The smallest absolute Gasteiger partial charge is 0.123 e. The molecule has 5 nitrogen and oxygen atoms in total. The molecule has 2 aromatic rings. The summed E-state index contributed by atoms with van der Waals surface area (Å²) in [5.41, 5.74) is 3.28. The minimum Gasteiger partial charge on any atom is -0.384 e. The van der Waals surface area contributed by atoms with Gasteiger partial charge >= 0.3 is 0 Å². The molecule has 0 saturated carbocycles. The number of hydrogen-bond acceptors (Lipinski definition) is 5. The van der Waals surface area contributed by atoms with E-state index in [1.807, 2.05) is 19.9 Å². The van der Waals surface area contributed by atoms with Gasteiger partial charge in [0.25, 0.3) is 0 Å². The maximum atomic E-state index is 13.6. The minimum absolute atomic E-state index is 0.140. The van der Waals surface area contributed by atoms with Gasteiger partial charge in [0.1, 0.15) is 11.9 Å². The van der Waals surface area contributed by atoms with E-state index in [-0.39, 0.29) is 17.3 Å². The highest BCUT2D eigenvalue weighted by Gasteiger charge is 2.14. The summed E-state index contributed by atoms with van der Waals surface area (Å²) in [6.07, 6.45) is 5.62. The van der Waals surface area contributed by atoms with Crippen LogP contribution >= 0.6 is 0 Å². The number of hydrogen-bond donors (Lipinski definition) is 2. The quantitative estimate of drug-likeness (QED) is 0.629. The first-order chi connectivity index (χ1) is 11.6. The van der Waals surface area contributed by atoms with E-state index in [2.05, 4.69) is 15.3 Å². The van der Waals surface area contributed by atoms with Gasteiger partial charge in [0.2, 0.25) is 0 Å². The monoisotopic (exact) mass is 323 g/mol. The molecule has 0 fully saturated rings. The minimum atomic E-state index is -0.279. The Morgan fingerprint density at radius 2 is 2.12 bits per heavy atom. The van der Waals surface area contributed by atoms with Crippen molar-refractivity contribution in [3.8, 4) is 17.3 Å². The van der Waals surface area contributed by atoms with Gasteiger partial charge < -0.3 is 10.7 Å². The Morgan fingerprint density at radius 3 is 2.79 bits per heavy atom. The van der Waals surface area contributed by atoms with Crippen molar-refractivity contribution in [2.45, 2.75) is 26.3 Å². The Bertz CT molecular complexity index is 805. The Labute approximate surface area is 140 Å². The van der Waals surface area contributed by atoms with Crippen LogP contribution in [0.3, 0.4) is 0 Å². The van der Waals surface area contributed by atoms with Crippen molar-refractivity contribution in [1.29, 1.82) is 10.7 Å². The summed E-state index contributed by atoms with van der Waals surface area (Å²) in [5, 5.41) is 18.9. The fraction of sp³-hybridized carbons (Fsp3) is 0.222.